The normalized spacial score (nSPS) is 16.7. The number of thioether (sulfide) groups is 2. The van der Waals surface area contributed by atoms with Gasteiger partial charge in [-0.3, -0.25) is 14.3 Å². The summed E-state index contributed by atoms with van der Waals surface area (Å²) in [5, 5.41) is 9.80. The summed E-state index contributed by atoms with van der Waals surface area (Å²) in [5.74, 6) is 2.32. The second-order valence-corrected chi connectivity index (χ2v) is 10.1. The Morgan fingerprint density at radius 1 is 0.938 bits per heavy atom. The molecule has 0 atom stereocenters. The van der Waals surface area contributed by atoms with Crippen LogP contribution in [-0.4, -0.2) is 56.7 Å². The van der Waals surface area contributed by atoms with Crippen LogP contribution in [0.5, 0.6) is 0 Å². The molecule has 0 N–H and O–H groups in total. The molecular formula is C24H27N5OS2. The number of piperidine rings is 1. The van der Waals surface area contributed by atoms with Crippen molar-refractivity contribution in [3.05, 3.63) is 60.4 Å². The Labute approximate surface area is 197 Å². The Morgan fingerprint density at radius 3 is 2.56 bits per heavy atom. The molecule has 0 spiro atoms. The minimum atomic E-state index is 0.114. The van der Waals surface area contributed by atoms with Crippen molar-refractivity contribution in [2.24, 2.45) is 0 Å². The van der Waals surface area contributed by atoms with Gasteiger partial charge in [0.2, 0.25) is 5.91 Å². The summed E-state index contributed by atoms with van der Waals surface area (Å²) in [5.41, 5.74) is 2.06. The van der Waals surface area contributed by atoms with E-state index in [0.717, 1.165) is 54.3 Å². The van der Waals surface area contributed by atoms with Crippen molar-refractivity contribution in [3.63, 3.8) is 0 Å². The largest absolute Gasteiger partial charge is 0.310 e. The summed E-state index contributed by atoms with van der Waals surface area (Å²) in [6.45, 7) is 3.74. The summed E-state index contributed by atoms with van der Waals surface area (Å²) in [7, 11) is 0. The first-order chi connectivity index (χ1) is 15.8. The van der Waals surface area contributed by atoms with Gasteiger partial charge in [0, 0.05) is 22.9 Å². The molecule has 0 radical (unpaired) electrons. The van der Waals surface area contributed by atoms with Crippen LogP contribution in [0.15, 0.2) is 64.6 Å². The third kappa shape index (κ3) is 4.72. The van der Waals surface area contributed by atoms with E-state index in [1.165, 1.54) is 35.9 Å². The third-order valence-corrected chi connectivity index (χ3v) is 7.84. The zero-order valence-corrected chi connectivity index (χ0v) is 19.7. The summed E-state index contributed by atoms with van der Waals surface area (Å²) < 4.78 is 2.12. The lowest BCUT2D eigenvalue weighted by atomic mass is 10.1. The van der Waals surface area contributed by atoms with Crippen LogP contribution in [0.25, 0.3) is 5.69 Å². The highest BCUT2D eigenvalue weighted by Gasteiger charge is 2.24. The van der Waals surface area contributed by atoms with Crippen molar-refractivity contribution in [3.8, 4) is 5.69 Å². The van der Waals surface area contributed by atoms with Gasteiger partial charge in [0.05, 0.1) is 18.0 Å². The number of carbonyl (C=O) groups excluding carboxylic acids is 1. The number of rotatable bonds is 6. The molecule has 2 aromatic carbocycles. The standard InChI is InChI=1S/C24H27N5OS2/c30-23(28-15-16-31-21-12-6-5-11-20(21)28)18-32-24-26-25-22(17-27-13-7-2-8-14-27)29(24)19-9-3-1-4-10-19/h1,3-6,9-12H,2,7-8,13-18H2. The van der Waals surface area contributed by atoms with E-state index in [1.54, 1.807) is 0 Å². The van der Waals surface area contributed by atoms with Crippen LogP contribution in [0.2, 0.25) is 0 Å². The summed E-state index contributed by atoms with van der Waals surface area (Å²) in [4.78, 5) is 18.7. The maximum absolute atomic E-state index is 13.1. The topological polar surface area (TPSA) is 54.3 Å². The van der Waals surface area contributed by atoms with Crippen molar-refractivity contribution in [1.29, 1.82) is 0 Å². The van der Waals surface area contributed by atoms with Crippen molar-refractivity contribution in [1.82, 2.24) is 19.7 Å². The number of hydrogen-bond donors (Lipinski definition) is 0. The summed E-state index contributed by atoms with van der Waals surface area (Å²) in [6, 6.07) is 18.4. The fourth-order valence-electron chi connectivity index (χ4n) is 4.28. The molecule has 5 rings (SSSR count). The lowest BCUT2D eigenvalue weighted by molar-refractivity contribution is -0.116. The molecular weight excluding hydrogens is 438 g/mol. The Hall–Kier alpha value is -2.29. The zero-order chi connectivity index (χ0) is 21.8. The van der Waals surface area contributed by atoms with E-state index in [9.17, 15) is 4.79 Å². The van der Waals surface area contributed by atoms with Crippen molar-refractivity contribution in [2.45, 2.75) is 35.9 Å². The highest BCUT2D eigenvalue weighted by molar-refractivity contribution is 8.00. The van der Waals surface area contributed by atoms with Gasteiger partial charge in [-0.25, -0.2) is 0 Å². The molecule has 0 saturated carbocycles. The fourth-order valence-corrected chi connectivity index (χ4v) is 6.12. The van der Waals surface area contributed by atoms with Crippen molar-refractivity contribution >= 4 is 35.1 Å². The van der Waals surface area contributed by atoms with E-state index in [4.69, 9.17) is 0 Å². The molecule has 3 aromatic rings. The number of aromatic nitrogens is 3. The van der Waals surface area contributed by atoms with Crippen molar-refractivity contribution < 1.29 is 4.79 Å². The molecule has 2 aliphatic heterocycles. The molecule has 1 saturated heterocycles. The van der Waals surface area contributed by atoms with Crippen LogP contribution in [0.4, 0.5) is 5.69 Å². The monoisotopic (exact) mass is 465 g/mol. The Kier molecular flexibility index (Phi) is 6.80. The molecule has 1 amide bonds. The highest BCUT2D eigenvalue weighted by Crippen LogP contribution is 2.35. The van der Waals surface area contributed by atoms with Gasteiger partial charge in [0.15, 0.2) is 11.0 Å². The number of carbonyl (C=O) groups is 1. The van der Waals surface area contributed by atoms with Crippen LogP contribution >= 0.6 is 23.5 Å². The number of hydrogen-bond acceptors (Lipinski definition) is 6. The van der Waals surface area contributed by atoms with Crippen molar-refractivity contribution in [2.75, 3.05) is 36.0 Å². The van der Waals surface area contributed by atoms with Crippen LogP contribution < -0.4 is 4.90 Å². The molecule has 8 heteroatoms. The molecule has 1 aromatic heterocycles. The van der Waals surface area contributed by atoms with Gasteiger partial charge >= 0.3 is 0 Å². The summed E-state index contributed by atoms with van der Waals surface area (Å²) >= 11 is 3.29. The predicted octanol–water partition coefficient (Wildman–Crippen LogP) is 4.48. The second kappa shape index (κ2) is 10.1. The van der Waals surface area contributed by atoms with Crippen LogP contribution in [0.3, 0.4) is 0 Å². The number of fused-ring (bicyclic) bond motifs is 1. The lowest BCUT2D eigenvalue weighted by Crippen LogP contribution is -2.36. The third-order valence-electron chi connectivity index (χ3n) is 5.88. The van der Waals surface area contributed by atoms with Gasteiger partial charge in [-0.1, -0.05) is 48.5 Å². The first kappa shape index (κ1) is 21.6. The maximum atomic E-state index is 13.1. The van der Waals surface area contributed by atoms with Gasteiger partial charge in [-0.2, -0.15) is 0 Å². The van der Waals surface area contributed by atoms with Crippen LogP contribution in [0, 0.1) is 0 Å². The Bertz CT molecular complexity index is 1070. The molecule has 6 nitrogen and oxygen atoms in total. The number of likely N-dealkylation sites (tertiary alicyclic amines) is 1. The number of nitrogens with zero attached hydrogens (tertiary/aromatic N) is 5. The van der Waals surface area contributed by atoms with E-state index in [-0.39, 0.29) is 5.91 Å². The first-order valence-corrected chi connectivity index (χ1v) is 13.1. The van der Waals surface area contributed by atoms with E-state index >= 15 is 0 Å². The molecule has 2 aliphatic rings. The quantitative estimate of drug-likeness (QED) is 0.500. The molecule has 0 aliphatic carbocycles. The van der Waals surface area contributed by atoms with Gasteiger partial charge < -0.3 is 4.90 Å². The van der Waals surface area contributed by atoms with Gasteiger partial charge in [0.1, 0.15) is 0 Å². The van der Waals surface area contributed by atoms with Gasteiger partial charge in [-0.05, 0) is 50.2 Å². The van der Waals surface area contributed by atoms with E-state index in [1.807, 2.05) is 53.1 Å². The molecule has 0 bridgehead atoms. The fraction of sp³-hybridized carbons (Fsp3) is 0.375. The maximum Gasteiger partial charge on any atom is 0.237 e. The predicted molar refractivity (Wildman–Crippen MR) is 131 cm³/mol. The van der Waals surface area contributed by atoms with Crippen LogP contribution in [-0.2, 0) is 11.3 Å². The molecule has 0 unspecified atom stereocenters. The zero-order valence-electron chi connectivity index (χ0n) is 18.0. The average Bonchev–Trinajstić information content (AvgIpc) is 3.25. The molecule has 166 valence electrons. The van der Waals surface area contributed by atoms with Gasteiger partial charge in [-0.15, -0.1) is 22.0 Å². The van der Waals surface area contributed by atoms with E-state index < -0.39 is 0 Å². The SMILES string of the molecule is O=C(CSc1nnc(CN2CCCCC2)n1-c1ccccc1)N1CCSc2ccccc21. The number of anilines is 1. The minimum absolute atomic E-state index is 0.114. The minimum Gasteiger partial charge on any atom is -0.310 e. The molecule has 3 heterocycles. The highest BCUT2D eigenvalue weighted by atomic mass is 32.2. The van der Waals surface area contributed by atoms with E-state index in [0.29, 0.717) is 5.75 Å². The van der Waals surface area contributed by atoms with E-state index in [2.05, 4.69) is 37.9 Å². The first-order valence-electron chi connectivity index (χ1n) is 11.2. The smallest absolute Gasteiger partial charge is 0.237 e. The summed E-state index contributed by atoms with van der Waals surface area (Å²) in [6.07, 6.45) is 3.79. The number of para-hydroxylation sites is 2. The second-order valence-electron chi connectivity index (χ2n) is 8.06. The Balaban J connectivity index is 1.35. The average molecular weight is 466 g/mol. The van der Waals surface area contributed by atoms with Gasteiger partial charge in [0.25, 0.3) is 0 Å². The number of amides is 1. The number of benzene rings is 2. The lowest BCUT2D eigenvalue weighted by Gasteiger charge is -2.28. The molecule has 32 heavy (non-hydrogen) atoms. The Morgan fingerprint density at radius 2 is 1.72 bits per heavy atom. The van der Waals surface area contributed by atoms with Crippen LogP contribution in [0.1, 0.15) is 25.1 Å². The molecule has 1 fully saturated rings.